The second-order valence-electron chi connectivity index (χ2n) is 5.49. The summed E-state index contributed by atoms with van der Waals surface area (Å²) in [6.45, 7) is 6.69. The summed E-state index contributed by atoms with van der Waals surface area (Å²) in [5.41, 5.74) is 0. The second-order valence-corrected chi connectivity index (χ2v) is 5.49. The zero-order valence-corrected chi connectivity index (χ0v) is 11.3. The first-order valence-electron chi connectivity index (χ1n) is 6.98. The Balaban J connectivity index is 2.19. The summed E-state index contributed by atoms with van der Waals surface area (Å²) in [4.78, 5) is 0. The van der Waals surface area contributed by atoms with Crippen molar-refractivity contribution in [3.8, 4) is 0 Å². The van der Waals surface area contributed by atoms with Gasteiger partial charge in [0.15, 0.2) is 0 Å². The highest BCUT2D eigenvalue weighted by Gasteiger charge is 2.19. The monoisotopic (exact) mass is 227 g/mol. The predicted molar refractivity (Wildman–Crippen MR) is 69.7 cm³/mol. The summed E-state index contributed by atoms with van der Waals surface area (Å²) < 4.78 is 5.26. The van der Waals surface area contributed by atoms with E-state index in [9.17, 15) is 0 Å². The third kappa shape index (κ3) is 5.31. The first-order chi connectivity index (χ1) is 7.76. The molecule has 1 aliphatic rings. The maximum absolute atomic E-state index is 5.26. The molecule has 0 radical (unpaired) electrons. The minimum atomic E-state index is 0.562. The Bertz CT molecular complexity index is 161. The van der Waals surface area contributed by atoms with Crippen LogP contribution in [-0.4, -0.2) is 26.3 Å². The minimum absolute atomic E-state index is 0.562. The molecule has 0 aliphatic heterocycles. The fraction of sp³-hybridized carbons (Fsp3) is 1.00. The molecule has 2 nitrogen and oxygen atoms in total. The van der Waals surface area contributed by atoms with Gasteiger partial charge in [0.05, 0.1) is 6.61 Å². The molecule has 3 atom stereocenters. The van der Waals surface area contributed by atoms with Crippen molar-refractivity contribution in [1.29, 1.82) is 0 Å². The molecule has 16 heavy (non-hydrogen) atoms. The highest BCUT2D eigenvalue weighted by atomic mass is 16.5. The van der Waals surface area contributed by atoms with Gasteiger partial charge in [-0.1, -0.05) is 33.1 Å². The van der Waals surface area contributed by atoms with Crippen molar-refractivity contribution in [3.05, 3.63) is 0 Å². The summed E-state index contributed by atoms with van der Waals surface area (Å²) in [5.74, 6) is 1.84. The molecule has 1 rings (SSSR count). The van der Waals surface area contributed by atoms with Crippen LogP contribution >= 0.6 is 0 Å². The van der Waals surface area contributed by atoms with E-state index in [-0.39, 0.29) is 0 Å². The molecule has 0 saturated heterocycles. The highest BCUT2D eigenvalue weighted by molar-refractivity contribution is 4.75. The molecule has 0 heterocycles. The quantitative estimate of drug-likeness (QED) is 0.721. The van der Waals surface area contributed by atoms with Gasteiger partial charge in [-0.05, 0) is 37.6 Å². The average Bonchev–Trinajstić information content (AvgIpc) is 2.27. The van der Waals surface area contributed by atoms with E-state index < -0.39 is 0 Å². The summed E-state index contributed by atoms with van der Waals surface area (Å²) >= 11 is 0. The Morgan fingerprint density at radius 2 is 2.19 bits per heavy atom. The van der Waals surface area contributed by atoms with E-state index in [2.05, 4.69) is 19.2 Å². The molecule has 1 N–H and O–H groups in total. The Kier molecular flexibility index (Phi) is 7.06. The summed E-state index contributed by atoms with van der Waals surface area (Å²) in [7, 11) is 1.80. The lowest BCUT2D eigenvalue weighted by atomic mass is 9.82. The van der Waals surface area contributed by atoms with Crippen LogP contribution in [0.1, 0.15) is 52.4 Å². The number of nitrogens with one attached hydrogen (secondary N) is 1. The van der Waals surface area contributed by atoms with Gasteiger partial charge >= 0.3 is 0 Å². The van der Waals surface area contributed by atoms with Crippen LogP contribution in [0.3, 0.4) is 0 Å². The second kappa shape index (κ2) is 8.08. The summed E-state index contributed by atoms with van der Waals surface area (Å²) in [5, 5.41) is 3.69. The van der Waals surface area contributed by atoms with Crippen molar-refractivity contribution in [1.82, 2.24) is 5.32 Å². The number of ether oxygens (including phenoxy) is 1. The molecule has 0 amide bonds. The minimum Gasteiger partial charge on any atom is -0.383 e. The number of methoxy groups -OCH3 is 1. The van der Waals surface area contributed by atoms with Crippen LogP contribution in [0.15, 0.2) is 0 Å². The first kappa shape index (κ1) is 14.0. The molecule has 96 valence electrons. The van der Waals surface area contributed by atoms with Crippen LogP contribution in [-0.2, 0) is 4.74 Å². The topological polar surface area (TPSA) is 21.3 Å². The summed E-state index contributed by atoms with van der Waals surface area (Å²) in [6, 6.07) is 0.562. The fourth-order valence-electron chi connectivity index (χ4n) is 2.87. The first-order valence-corrected chi connectivity index (χ1v) is 6.98. The van der Waals surface area contributed by atoms with E-state index in [1.165, 1.54) is 45.1 Å². The van der Waals surface area contributed by atoms with E-state index in [0.717, 1.165) is 18.4 Å². The lowest BCUT2D eigenvalue weighted by Crippen LogP contribution is -2.37. The third-order valence-electron chi connectivity index (χ3n) is 3.75. The van der Waals surface area contributed by atoms with Crippen molar-refractivity contribution < 1.29 is 4.74 Å². The molecule has 0 aromatic rings. The zero-order chi connectivity index (χ0) is 11.8. The van der Waals surface area contributed by atoms with Crippen molar-refractivity contribution in [3.63, 3.8) is 0 Å². The zero-order valence-electron chi connectivity index (χ0n) is 11.3. The van der Waals surface area contributed by atoms with E-state index in [1.807, 2.05) is 0 Å². The highest BCUT2D eigenvalue weighted by Crippen LogP contribution is 2.28. The number of hydrogen-bond donors (Lipinski definition) is 1. The Labute approximate surface area is 101 Å². The molecular formula is C14H29NO. The van der Waals surface area contributed by atoms with Crippen LogP contribution < -0.4 is 5.32 Å². The van der Waals surface area contributed by atoms with Gasteiger partial charge < -0.3 is 10.1 Å². The summed E-state index contributed by atoms with van der Waals surface area (Å²) in [6.07, 6.45) is 8.17. The fourth-order valence-corrected chi connectivity index (χ4v) is 2.87. The van der Waals surface area contributed by atoms with Gasteiger partial charge in [-0.25, -0.2) is 0 Å². The molecular weight excluding hydrogens is 198 g/mol. The van der Waals surface area contributed by atoms with Gasteiger partial charge in [0.25, 0.3) is 0 Å². The smallest absolute Gasteiger partial charge is 0.0615 e. The predicted octanol–water partition coefficient (Wildman–Crippen LogP) is 3.22. The van der Waals surface area contributed by atoms with Crippen molar-refractivity contribution in [2.24, 2.45) is 11.8 Å². The molecule has 1 fully saturated rings. The Hall–Kier alpha value is -0.0800. The van der Waals surface area contributed by atoms with Gasteiger partial charge in [0.2, 0.25) is 0 Å². The van der Waals surface area contributed by atoms with Gasteiger partial charge in [0, 0.05) is 13.2 Å². The van der Waals surface area contributed by atoms with Gasteiger partial charge in [-0.3, -0.25) is 0 Å². The molecule has 2 heteroatoms. The van der Waals surface area contributed by atoms with Crippen molar-refractivity contribution >= 4 is 0 Å². The number of hydrogen-bond acceptors (Lipinski definition) is 2. The van der Waals surface area contributed by atoms with Gasteiger partial charge in [-0.15, -0.1) is 0 Å². The molecule has 0 spiro atoms. The van der Waals surface area contributed by atoms with Crippen LogP contribution in [0.25, 0.3) is 0 Å². The largest absolute Gasteiger partial charge is 0.383 e. The molecule has 0 aromatic carbocycles. The van der Waals surface area contributed by atoms with Gasteiger partial charge in [0.1, 0.15) is 0 Å². The Morgan fingerprint density at radius 3 is 2.81 bits per heavy atom. The van der Waals surface area contributed by atoms with Crippen LogP contribution in [0.2, 0.25) is 0 Å². The maximum Gasteiger partial charge on any atom is 0.0615 e. The average molecular weight is 227 g/mol. The molecule has 0 aromatic heterocycles. The Morgan fingerprint density at radius 1 is 1.38 bits per heavy atom. The third-order valence-corrected chi connectivity index (χ3v) is 3.75. The van der Waals surface area contributed by atoms with Crippen LogP contribution in [0, 0.1) is 11.8 Å². The van der Waals surface area contributed by atoms with Gasteiger partial charge in [-0.2, -0.15) is 0 Å². The molecule has 0 bridgehead atoms. The molecule has 1 aliphatic carbocycles. The molecule has 3 unspecified atom stereocenters. The SMILES string of the molecule is CCCC(COC)NCC1CCCC(C)C1. The van der Waals surface area contributed by atoms with Crippen molar-refractivity contribution in [2.75, 3.05) is 20.3 Å². The van der Waals surface area contributed by atoms with E-state index in [1.54, 1.807) is 7.11 Å². The van der Waals surface area contributed by atoms with Crippen molar-refractivity contribution in [2.45, 2.75) is 58.4 Å². The van der Waals surface area contributed by atoms with E-state index in [4.69, 9.17) is 4.74 Å². The molecule has 1 saturated carbocycles. The van der Waals surface area contributed by atoms with E-state index >= 15 is 0 Å². The van der Waals surface area contributed by atoms with Crippen LogP contribution in [0.5, 0.6) is 0 Å². The number of rotatable bonds is 7. The van der Waals surface area contributed by atoms with Crippen LogP contribution in [0.4, 0.5) is 0 Å². The van der Waals surface area contributed by atoms with E-state index in [0.29, 0.717) is 6.04 Å². The lowest BCUT2D eigenvalue weighted by molar-refractivity contribution is 0.155. The standard InChI is InChI=1S/C14H29NO/c1-4-6-14(11-16-3)15-10-13-8-5-7-12(2)9-13/h12-15H,4-11H2,1-3H3. The normalized spacial score (nSPS) is 27.9. The lowest BCUT2D eigenvalue weighted by Gasteiger charge is -2.28. The maximum atomic E-state index is 5.26.